The Labute approximate surface area is 189 Å². The fourth-order valence-electron chi connectivity index (χ4n) is 4.07. The second-order valence-electron chi connectivity index (χ2n) is 6.76. The van der Waals surface area contributed by atoms with E-state index in [2.05, 4.69) is 36.4 Å². The second kappa shape index (κ2) is 6.92. The molecule has 0 saturated heterocycles. The smallest absolute Gasteiger partial charge is 0.238 e. The average molecular weight is 433 g/mol. The van der Waals surface area contributed by atoms with Gasteiger partial charge in [-0.2, -0.15) is 35.9 Å². The zero-order valence-corrected chi connectivity index (χ0v) is 17.8. The summed E-state index contributed by atoms with van der Waals surface area (Å²) >= 11 is 0. The molecule has 0 N–H and O–H groups in total. The minimum atomic E-state index is 0. The second-order valence-corrected chi connectivity index (χ2v) is 6.76. The molecule has 2 nitrogen and oxygen atoms in total. The van der Waals surface area contributed by atoms with Gasteiger partial charge in [0.2, 0.25) is 6.71 Å². The molecule has 0 saturated carbocycles. The summed E-state index contributed by atoms with van der Waals surface area (Å²) in [7, 11) is 0. The predicted octanol–water partition coefficient (Wildman–Crippen LogP) is 3.68. The van der Waals surface area contributed by atoms with Crippen LogP contribution in [-0.4, -0.2) is 6.71 Å². The number of hydrogen-bond acceptors (Lipinski definition) is 2. The molecule has 0 aromatic heterocycles. The van der Waals surface area contributed by atoms with Crippen LogP contribution < -0.4 is 25.9 Å². The monoisotopic (exact) mass is 433 g/mol. The maximum absolute atomic E-state index is 6.39. The molecule has 0 aliphatic carbocycles. The van der Waals surface area contributed by atoms with Crippen molar-refractivity contribution in [2.45, 2.75) is 0 Å². The van der Waals surface area contributed by atoms with Gasteiger partial charge in [0.1, 0.15) is 11.5 Å². The summed E-state index contributed by atoms with van der Waals surface area (Å²) in [6.07, 6.45) is 0. The fourth-order valence-corrected chi connectivity index (χ4v) is 4.07. The van der Waals surface area contributed by atoms with Crippen molar-refractivity contribution in [2.24, 2.45) is 0 Å². The Morgan fingerprint density at radius 1 is 0.679 bits per heavy atom. The van der Waals surface area contributed by atoms with E-state index in [0.29, 0.717) is 0 Å². The summed E-state index contributed by atoms with van der Waals surface area (Å²) in [6.45, 7) is 0.0852. The van der Waals surface area contributed by atoms with Gasteiger partial charge in [-0.05, 0) is 23.1 Å². The molecule has 0 spiro atoms. The molecule has 0 bridgehead atoms. The van der Waals surface area contributed by atoms with Gasteiger partial charge in [-0.25, -0.2) is 5.56 Å². The van der Waals surface area contributed by atoms with Crippen LogP contribution in [0.2, 0.25) is 0 Å². The van der Waals surface area contributed by atoms with Gasteiger partial charge >= 0.3 is 0 Å². The van der Waals surface area contributed by atoms with E-state index in [4.69, 9.17) is 9.47 Å². The van der Waals surface area contributed by atoms with Crippen molar-refractivity contribution in [1.82, 2.24) is 0 Å². The van der Waals surface area contributed by atoms with Crippen molar-refractivity contribution in [3.05, 3.63) is 91.0 Å². The topological polar surface area (TPSA) is 18.5 Å². The Morgan fingerprint density at radius 3 is 2.07 bits per heavy atom. The van der Waals surface area contributed by atoms with Crippen LogP contribution in [0.25, 0.3) is 11.1 Å². The van der Waals surface area contributed by atoms with Gasteiger partial charge in [-0.15, -0.1) is 12.1 Å². The normalized spacial score (nSPS) is 12.5. The Balaban J connectivity index is 0.00000171. The Bertz CT molecular complexity index is 1180. The Kier molecular flexibility index (Phi) is 4.38. The number of para-hydroxylation sites is 2. The van der Waals surface area contributed by atoms with Crippen molar-refractivity contribution >= 4 is 23.1 Å². The maximum Gasteiger partial charge on any atom is 0.238 e. The first kappa shape index (κ1) is 17.7. The van der Waals surface area contributed by atoms with E-state index in [9.17, 15) is 0 Å². The van der Waals surface area contributed by atoms with Gasteiger partial charge in [0, 0.05) is 44.2 Å². The summed E-state index contributed by atoms with van der Waals surface area (Å²) in [4.78, 5) is 0. The molecular weight excluding hydrogens is 420 g/mol. The summed E-state index contributed by atoms with van der Waals surface area (Å²) < 4.78 is 12.6. The van der Waals surface area contributed by atoms with Crippen molar-refractivity contribution in [3.63, 3.8) is 0 Å². The van der Waals surface area contributed by atoms with Crippen molar-refractivity contribution in [3.8, 4) is 34.1 Å². The average Bonchev–Trinajstić information content (AvgIpc) is 2.74. The molecule has 0 unspecified atom stereocenters. The minimum Gasteiger partial charge on any atom is -0.512 e. The van der Waals surface area contributed by atoms with E-state index in [1.807, 2.05) is 54.6 Å². The molecule has 6 rings (SSSR count). The van der Waals surface area contributed by atoms with Gasteiger partial charge in [0.05, 0.1) is 0 Å². The maximum atomic E-state index is 6.39. The van der Waals surface area contributed by atoms with Crippen molar-refractivity contribution < 1.29 is 42.2 Å². The molecule has 129 valence electrons. The van der Waals surface area contributed by atoms with Crippen LogP contribution in [0.1, 0.15) is 0 Å². The van der Waals surface area contributed by atoms with Gasteiger partial charge in [0.15, 0.2) is 0 Å². The molecule has 4 heteroatoms. The van der Waals surface area contributed by atoms with Crippen molar-refractivity contribution in [1.29, 1.82) is 0 Å². The van der Waals surface area contributed by atoms with Crippen molar-refractivity contribution in [2.75, 3.05) is 0 Å². The molecule has 2 aliphatic heterocycles. The molecular formula is C24H13BO2Y-2. The van der Waals surface area contributed by atoms with E-state index >= 15 is 0 Å². The molecule has 28 heavy (non-hydrogen) atoms. The largest absolute Gasteiger partial charge is 0.512 e. The molecule has 4 aromatic rings. The van der Waals surface area contributed by atoms with Crippen LogP contribution in [0.4, 0.5) is 0 Å². The summed E-state index contributed by atoms with van der Waals surface area (Å²) in [5.41, 5.74) is 5.27. The van der Waals surface area contributed by atoms with Crippen LogP contribution in [0.3, 0.4) is 0 Å². The van der Waals surface area contributed by atoms with E-state index < -0.39 is 0 Å². The molecule has 2 aliphatic rings. The van der Waals surface area contributed by atoms with Crippen LogP contribution in [0.5, 0.6) is 23.0 Å². The SMILES string of the molecule is [Y].[c-]1ccccc1-c1[c-]cc2c3c1Oc1ccccc1B3c1ccccc1O2. The number of fused-ring (bicyclic) bond motifs is 4. The minimum absolute atomic E-state index is 0. The van der Waals surface area contributed by atoms with E-state index in [1.165, 1.54) is 0 Å². The van der Waals surface area contributed by atoms with Gasteiger partial charge in [-0.1, -0.05) is 41.9 Å². The first-order chi connectivity index (χ1) is 13.4. The Hall–Kier alpha value is -2.35. The molecule has 0 amide bonds. The Morgan fingerprint density at radius 2 is 1.36 bits per heavy atom. The van der Waals surface area contributed by atoms with E-state index in [0.717, 1.165) is 50.5 Å². The van der Waals surface area contributed by atoms with Crippen LogP contribution >= 0.6 is 0 Å². The third-order valence-electron chi connectivity index (χ3n) is 5.24. The number of ether oxygens (including phenoxy) is 2. The summed E-state index contributed by atoms with van der Waals surface area (Å²) in [6, 6.07) is 33.0. The molecule has 1 radical (unpaired) electrons. The third-order valence-corrected chi connectivity index (χ3v) is 5.24. The van der Waals surface area contributed by atoms with Crippen LogP contribution in [0, 0.1) is 12.1 Å². The molecule has 2 heterocycles. The number of benzene rings is 4. The summed E-state index contributed by atoms with van der Waals surface area (Å²) in [5, 5.41) is 0. The van der Waals surface area contributed by atoms with Gasteiger partial charge < -0.3 is 9.47 Å². The third kappa shape index (κ3) is 2.57. The predicted molar refractivity (Wildman–Crippen MR) is 107 cm³/mol. The summed E-state index contributed by atoms with van der Waals surface area (Å²) in [5.74, 6) is 3.40. The van der Waals surface area contributed by atoms with Gasteiger partial charge in [-0.3, -0.25) is 0 Å². The van der Waals surface area contributed by atoms with Gasteiger partial charge in [0.25, 0.3) is 0 Å². The van der Waals surface area contributed by atoms with E-state index in [1.54, 1.807) is 0 Å². The zero-order valence-electron chi connectivity index (χ0n) is 15.0. The fraction of sp³-hybridized carbons (Fsp3) is 0. The molecule has 4 aromatic carbocycles. The zero-order chi connectivity index (χ0) is 17.8. The number of rotatable bonds is 1. The first-order valence-corrected chi connectivity index (χ1v) is 8.99. The quantitative estimate of drug-likeness (QED) is 0.291. The standard InChI is InChI=1S/C24H13BO2.Y/c1-2-8-16(9-3-1)17-14-15-22-23-24(17)27-21-13-7-5-11-19(21)25(23)18-10-4-6-12-20(18)26-22;/h1-8,10-13,15H;/q-2;. The molecule has 0 atom stereocenters. The van der Waals surface area contributed by atoms with Crippen LogP contribution in [-0.2, 0) is 32.7 Å². The van der Waals surface area contributed by atoms with E-state index in [-0.39, 0.29) is 39.4 Å². The van der Waals surface area contributed by atoms with Crippen LogP contribution in [0.15, 0.2) is 78.9 Å². The first-order valence-electron chi connectivity index (χ1n) is 8.99. The number of hydrogen-bond donors (Lipinski definition) is 0. The molecule has 0 fully saturated rings.